The van der Waals surface area contributed by atoms with Crippen LogP contribution in [-0.4, -0.2) is 12.4 Å². The minimum Gasteiger partial charge on any atom is -0.435 e. The number of hydrogen-bond acceptors (Lipinski definition) is 3. The van der Waals surface area contributed by atoms with E-state index < -0.39 is 6.57 Å². The average molecular weight is 297 g/mol. The van der Waals surface area contributed by atoms with E-state index in [-0.39, 0.29) is 0 Å². The highest BCUT2D eigenvalue weighted by atomic mass is 35.5. The van der Waals surface area contributed by atoms with E-state index >= 15 is 0 Å². The van der Waals surface area contributed by atoms with Crippen molar-refractivity contribution < 1.29 is 9.09 Å². The molecule has 1 atom stereocenters. The molecule has 2 nitrogen and oxygen atoms in total. The second-order valence-corrected chi connectivity index (χ2v) is 8.95. The van der Waals surface area contributed by atoms with Gasteiger partial charge in [-0.25, -0.2) is 0 Å². The molecule has 88 valence electrons. The van der Waals surface area contributed by atoms with Crippen LogP contribution in [0.25, 0.3) is 0 Å². The molecular formula is C10H11Cl2O2PS. The molecule has 0 aliphatic carbocycles. The van der Waals surface area contributed by atoms with Gasteiger partial charge < -0.3 is 4.52 Å². The third-order valence-corrected chi connectivity index (χ3v) is 5.58. The molecule has 0 amide bonds. The maximum atomic E-state index is 12.0. The van der Waals surface area contributed by atoms with Gasteiger partial charge in [0.15, 0.2) is 0 Å². The maximum absolute atomic E-state index is 12.0. The largest absolute Gasteiger partial charge is 0.435 e. The zero-order valence-corrected chi connectivity index (χ0v) is 11.9. The van der Waals surface area contributed by atoms with Gasteiger partial charge in [-0.15, -0.1) is 6.58 Å². The molecule has 1 aromatic carbocycles. The Kier molecular flexibility index (Phi) is 5.26. The highest BCUT2D eigenvalue weighted by molar-refractivity contribution is 8.56. The van der Waals surface area contributed by atoms with Crippen molar-refractivity contribution in [2.75, 3.05) is 12.4 Å². The van der Waals surface area contributed by atoms with Crippen LogP contribution in [0.3, 0.4) is 0 Å². The van der Waals surface area contributed by atoms with E-state index in [4.69, 9.17) is 27.7 Å². The van der Waals surface area contributed by atoms with Crippen LogP contribution in [0.4, 0.5) is 0 Å². The fraction of sp³-hybridized carbons (Fsp3) is 0.200. The normalized spacial score (nSPS) is 14.2. The van der Waals surface area contributed by atoms with E-state index in [1.54, 1.807) is 30.9 Å². The molecule has 1 unspecified atom stereocenters. The van der Waals surface area contributed by atoms with Crippen LogP contribution >= 0.6 is 41.2 Å². The Balaban J connectivity index is 2.79. The van der Waals surface area contributed by atoms with Gasteiger partial charge in [0, 0.05) is 17.4 Å². The zero-order chi connectivity index (χ0) is 12.2. The first-order chi connectivity index (χ1) is 7.44. The summed E-state index contributed by atoms with van der Waals surface area (Å²) < 4.78 is 17.4. The van der Waals surface area contributed by atoms with Gasteiger partial charge in [-0.05, 0) is 18.2 Å². The number of rotatable bonds is 5. The summed E-state index contributed by atoms with van der Waals surface area (Å²) >= 11 is 12.9. The zero-order valence-electron chi connectivity index (χ0n) is 8.65. The third kappa shape index (κ3) is 4.42. The summed E-state index contributed by atoms with van der Waals surface area (Å²) in [4.78, 5) is 0. The van der Waals surface area contributed by atoms with Crippen LogP contribution < -0.4 is 4.52 Å². The summed E-state index contributed by atoms with van der Waals surface area (Å²) in [5, 5.41) is 0.871. The van der Waals surface area contributed by atoms with Crippen molar-refractivity contribution in [2.24, 2.45) is 0 Å². The van der Waals surface area contributed by atoms with Crippen LogP contribution in [0, 0.1) is 0 Å². The summed E-state index contributed by atoms with van der Waals surface area (Å²) in [7, 11) is 0. The fourth-order valence-electron chi connectivity index (χ4n) is 0.942. The number of halogens is 2. The van der Waals surface area contributed by atoms with Crippen molar-refractivity contribution in [3.05, 3.63) is 40.9 Å². The highest BCUT2D eigenvalue weighted by Gasteiger charge is 2.18. The molecule has 0 aliphatic rings. The monoisotopic (exact) mass is 296 g/mol. The lowest BCUT2D eigenvalue weighted by atomic mass is 10.3. The Morgan fingerprint density at radius 1 is 1.56 bits per heavy atom. The van der Waals surface area contributed by atoms with Crippen molar-refractivity contribution in [1.82, 2.24) is 0 Å². The lowest BCUT2D eigenvalue weighted by molar-refractivity contribution is 0.505. The van der Waals surface area contributed by atoms with E-state index in [2.05, 4.69) is 6.58 Å². The van der Waals surface area contributed by atoms with Crippen LogP contribution in [0.1, 0.15) is 0 Å². The van der Waals surface area contributed by atoms with E-state index in [1.165, 1.54) is 11.4 Å². The SMILES string of the molecule is C=CCSP(C)(=O)Oc1ccc(Cl)cc1Cl. The molecule has 6 heteroatoms. The van der Waals surface area contributed by atoms with Crippen molar-refractivity contribution in [3.63, 3.8) is 0 Å². The van der Waals surface area contributed by atoms with Gasteiger partial charge in [-0.1, -0.05) is 40.7 Å². The van der Waals surface area contributed by atoms with Crippen molar-refractivity contribution >= 4 is 41.2 Å². The first-order valence-corrected chi connectivity index (χ1v) is 8.84. The Labute approximate surface area is 109 Å². The van der Waals surface area contributed by atoms with Gasteiger partial charge >= 0.3 is 6.57 Å². The summed E-state index contributed by atoms with van der Waals surface area (Å²) in [6, 6.07) is 4.80. The standard InChI is InChI=1S/C10H11Cl2O2PS/c1-3-6-16-15(2,13)14-10-5-4-8(11)7-9(10)12/h3-5,7H,1,6H2,2H3. The molecule has 1 aromatic rings. The predicted octanol–water partition coefficient (Wildman–Crippen LogP) is 5.11. The Hall–Kier alpha value is -0.0800. The predicted molar refractivity (Wildman–Crippen MR) is 73.3 cm³/mol. The fourth-order valence-corrected chi connectivity index (χ4v) is 3.92. The van der Waals surface area contributed by atoms with Gasteiger partial charge in [0.1, 0.15) is 5.75 Å². The Bertz CT molecular complexity index is 437. The third-order valence-electron chi connectivity index (χ3n) is 1.58. The first-order valence-electron chi connectivity index (χ1n) is 4.42. The number of hydrogen-bond donors (Lipinski definition) is 0. The van der Waals surface area contributed by atoms with E-state index in [0.29, 0.717) is 21.5 Å². The smallest absolute Gasteiger partial charge is 0.300 e. The summed E-state index contributed by atoms with van der Waals surface area (Å²) in [5.74, 6) is 0.951. The van der Waals surface area contributed by atoms with Gasteiger partial charge in [-0.2, -0.15) is 0 Å². The minimum atomic E-state index is -2.76. The molecule has 0 aliphatic heterocycles. The van der Waals surface area contributed by atoms with Gasteiger partial charge in [0.25, 0.3) is 0 Å². The molecule has 0 fully saturated rings. The van der Waals surface area contributed by atoms with Crippen LogP contribution in [-0.2, 0) is 4.57 Å². The molecule has 0 bridgehead atoms. The first kappa shape index (κ1) is 14.0. The van der Waals surface area contributed by atoms with Gasteiger partial charge in [0.05, 0.1) is 5.02 Å². The lowest BCUT2D eigenvalue weighted by Crippen LogP contribution is -1.89. The Morgan fingerprint density at radius 3 is 2.81 bits per heavy atom. The highest BCUT2D eigenvalue weighted by Crippen LogP contribution is 2.56. The molecule has 0 radical (unpaired) electrons. The second kappa shape index (κ2) is 6.02. The molecule has 1 rings (SSSR count). The van der Waals surface area contributed by atoms with E-state index in [9.17, 15) is 4.57 Å². The summed E-state index contributed by atoms with van der Waals surface area (Å²) in [6.07, 6.45) is 1.67. The molecule has 0 N–H and O–H groups in total. The van der Waals surface area contributed by atoms with E-state index in [1.807, 2.05) is 0 Å². The minimum absolute atomic E-state index is 0.355. The van der Waals surface area contributed by atoms with Crippen LogP contribution in [0.2, 0.25) is 10.0 Å². The summed E-state index contributed by atoms with van der Waals surface area (Å²) in [6.45, 7) is 2.35. The molecule has 0 spiro atoms. The van der Waals surface area contributed by atoms with Gasteiger partial charge in [-0.3, -0.25) is 4.57 Å². The second-order valence-electron chi connectivity index (χ2n) is 3.02. The molecule has 16 heavy (non-hydrogen) atoms. The maximum Gasteiger partial charge on any atom is 0.300 e. The molecule has 0 heterocycles. The average Bonchev–Trinajstić information content (AvgIpc) is 2.19. The Morgan fingerprint density at radius 2 is 2.25 bits per heavy atom. The van der Waals surface area contributed by atoms with E-state index in [0.717, 1.165) is 0 Å². The quantitative estimate of drug-likeness (QED) is 0.557. The van der Waals surface area contributed by atoms with Crippen molar-refractivity contribution in [1.29, 1.82) is 0 Å². The summed E-state index contributed by atoms with van der Waals surface area (Å²) in [5.41, 5.74) is 0. The molecule has 0 saturated heterocycles. The number of benzene rings is 1. The molecule has 0 saturated carbocycles. The van der Waals surface area contributed by atoms with Crippen LogP contribution in [0.15, 0.2) is 30.9 Å². The molecule has 0 aromatic heterocycles. The van der Waals surface area contributed by atoms with Crippen molar-refractivity contribution in [3.8, 4) is 5.75 Å². The molecular weight excluding hydrogens is 286 g/mol. The topological polar surface area (TPSA) is 26.3 Å². The van der Waals surface area contributed by atoms with Gasteiger partial charge in [0.2, 0.25) is 0 Å². The van der Waals surface area contributed by atoms with Crippen molar-refractivity contribution in [2.45, 2.75) is 0 Å². The van der Waals surface area contributed by atoms with Crippen LogP contribution in [0.5, 0.6) is 5.75 Å². The lowest BCUT2D eigenvalue weighted by Gasteiger charge is -2.14.